The number of hydrogen-bond donors (Lipinski definition) is 1. The predicted octanol–water partition coefficient (Wildman–Crippen LogP) is 3.57. The first kappa shape index (κ1) is 16.5. The fourth-order valence-corrected chi connectivity index (χ4v) is 3.38. The van der Waals surface area contributed by atoms with Gasteiger partial charge in [0.25, 0.3) is 5.91 Å². The van der Waals surface area contributed by atoms with Gasteiger partial charge >= 0.3 is 0 Å². The third-order valence-electron chi connectivity index (χ3n) is 4.94. The number of likely N-dealkylation sites (tertiary alicyclic amines) is 1. The van der Waals surface area contributed by atoms with Crippen LogP contribution in [-0.4, -0.2) is 39.9 Å². The van der Waals surface area contributed by atoms with Gasteiger partial charge in [0.05, 0.1) is 22.4 Å². The summed E-state index contributed by atoms with van der Waals surface area (Å²) in [5.74, 6) is 0.0595. The van der Waals surface area contributed by atoms with Crippen molar-refractivity contribution in [3.05, 3.63) is 65.5 Å². The highest BCUT2D eigenvalue weighted by Crippen LogP contribution is 2.20. The molecule has 26 heavy (non-hydrogen) atoms. The summed E-state index contributed by atoms with van der Waals surface area (Å²) in [5, 5.41) is 3.50. The Bertz CT molecular complexity index is 955. The van der Waals surface area contributed by atoms with E-state index < -0.39 is 0 Å². The molecular formula is C21H22N4O. The lowest BCUT2D eigenvalue weighted by Gasteiger charge is -2.18. The second-order valence-corrected chi connectivity index (χ2v) is 6.85. The molecule has 1 aliphatic heterocycles. The van der Waals surface area contributed by atoms with Crippen molar-refractivity contribution in [3.8, 4) is 0 Å². The molecule has 0 bridgehead atoms. The number of carbonyl (C=O) groups excluding carboxylic acids is 1. The smallest absolute Gasteiger partial charge is 0.254 e. The van der Waals surface area contributed by atoms with Crippen LogP contribution in [0.25, 0.3) is 11.0 Å². The molecule has 4 rings (SSSR count). The molecule has 0 unspecified atom stereocenters. The summed E-state index contributed by atoms with van der Waals surface area (Å²) >= 11 is 0. The van der Waals surface area contributed by atoms with Crippen molar-refractivity contribution in [2.24, 2.45) is 0 Å². The summed E-state index contributed by atoms with van der Waals surface area (Å²) in [7, 11) is 0. The average molecular weight is 346 g/mol. The topological polar surface area (TPSA) is 58.1 Å². The maximum absolute atomic E-state index is 12.9. The van der Waals surface area contributed by atoms with Gasteiger partial charge in [0, 0.05) is 30.4 Å². The number of nitrogens with one attached hydrogen (secondary N) is 1. The molecular weight excluding hydrogens is 324 g/mol. The fourth-order valence-electron chi connectivity index (χ4n) is 3.38. The molecule has 2 aromatic carbocycles. The van der Waals surface area contributed by atoms with E-state index in [4.69, 9.17) is 0 Å². The van der Waals surface area contributed by atoms with E-state index in [9.17, 15) is 4.79 Å². The highest BCUT2D eigenvalue weighted by Gasteiger charge is 2.27. The van der Waals surface area contributed by atoms with E-state index in [-0.39, 0.29) is 11.9 Å². The van der Waals surface area contributed by atoms with Gasteiger partial charge in [-0.15, -0.1) is 0 Å². The van der Waals surface area contributed by atoms with Crippen LogP contribution in [0.5, 0.6) is 0 Å². The Morgan fingerprint density at radius 2 is 1.77 bits per heavy atom. The Balaban J connectivity index is 1.49. The van der Waals surface area contributed by atoms with E-state index in [0.717, 1.165) is 41.1 Å². The zero-order valence-electron chi connectivity index (χ0n) is 15.1. The molecule has 132 valence electrons. The minimum atomic E-state index is 0.0595. The maximum Gasteiger partial charge on any atom is 0.254 e. The summed E-state index contributed by atoms with van der Waals surface area (Å²) in [5.41, 5.74) is 5.20. The van der Waals surface area contributed by atoms with Gasteiger partial charge in [-0.2, -0.15) is 0 Å². The molecule has 5 nitrogen and oxygen atoms in total. The molecule has 2 heterocycles. The quantitative estimate of drug-likeness (QED) is 0.788. The standard InChI is InChI=1S/C21H22N4O/c1-14-15(2)23-20-12-16(8-9-19(20)22-14)21(26)25-11-10-18(13-25)24-17-6-4-3-5-7-17/h3-9,12,18,24H,10-11,13H2,1-2H3/t18-/m1/s1. The number of aromatic nitrogens is 2. The molecule has 1 fully saturated rings. The first-order chi connectivity index (χ1) is 12.6. The van der Waals surface area contributed by atoms with E-state index >= 15 is 0 Å². The van der Waals surface area contributed by atoms with Gasteiger partial charge in [-0.1, -0.05) is 18.2 Å². The Morgan fingerprint density at radius 3 is 2.54 bits per heavy atom. The number of nitrogens with zero attached hydrogens (tertiary/aromatic N) is 3. The summed E-state index contributed by atoms with van der Waals surface area (Å²) in [4.78, 5) is 23.9. The second kappa shape index (κ2) is 6.75. The Morgan fingerprint density at radius 1 is 1.04 bits per heavy atom. The number of rotatable bonds is 3. The summed E-state index contributed by atoms with van der Waals surface area (Å²) in [6, 6.07) is 16.0. The lowest BCUT2D eigenvalue weighted by Crippen LogP contribution is -2.31. The molecule has 3 aromatic rings. The van der Waals surface area contributed by atoms with Crippen LogP contribution in [0.2, 0.25) is 0 Å². The third-order valence-corrected chi connectivity index (χ3v) is 4.94. The number of hydrogen-bond acceptors (Lipinski definition) is 4. The minimum absolute atomic E-state index is 0.0595. The zero-order valence-corrected chi connectivity index (χ0v) is 15.1. The monoisotopic (exact) mass is 346 g/mol. The largest absolute Gasteiger partial charge is 0.380 e. The zero-order chi connectivity index (χ0) is 18.1. The normalized spacial score (nSPS) is 16.8. The van der Waals surface area contributed by atoms with Crippen LogP contribution >= 0.6 is 0 Å². The number of benzene rings is 2. The van der Waals surface area contributed by atoms with E-state index in [2.05, 4.69) is 27.4 Å². The Kier molecular flexibility index (Phi) is 4.29. The van der Waals surface area contributed by atoms with Crippen molar-refractivity contribution in [2.75, 3.05) is 18.4 Å². The second-order valence-electron chi connectivity index (χ2n) is 6.85. The molecule has 1 atom stereocenters. The molecule has 1 aromatic heterocycles. The molecule has 1 aliphatic rings. The van der Waals surface area contributed by atoms with Crippen LogP contribution in [0.4, 0.5) is 5.69 Å². The van der Waals surface area contributed by atoms with Gasteiger partial charge in [0.2, 0.25) is 0 Å². The number of anilines is 1. The van der Waals surface area contributed by atoms with E-state index in [1.54, 1.807) is 0 Å². The van der Waals surface area contributed by atoms with Crippen molar-refractivity contribution in [1.29, 1.82) is 0 Å². The third kappa shape index (κ3) is 3.25. The highest BCUT2D eigenvalue weighted by molar-refractivity contribution is 5.97. The molecule has 1 amide bonds. The lowest BCUT2D eigenvalue weighted by atomic mass is 10.1. The van der Waals surface area contributed by atoms with Gasteiger partial charge in [0.15, 0.2) is 0 Å². The molecule has 1 saturated heterocycles. The van der Waals surface area contributed by atoms with E-state index in [1.165, 1.54) is 0 Å². The number of carbonyl (C=O) groups is 1. The molecule has 0 radical (unpaired) electrons. The van der Waals surface area contributed by atoms with E-state index in [1.807, 2.05) is 55.1 Å². The summed E-state index contributed by atoms with van der Waals surface area (Å²) in [6.07, 6.45) is 0.951. The van der Waals surface area contributed by atoms with Gasteiger partial charge in [-0.05, 0) is 50.6 Å². The Labute approximate surface area is 153 Å². The summed E-state index contributed by atoms with van der Waals surface area (Å²) in [6.45, 7) is 5.37. The SMILES string of the molecule is Cc1nc2ccc(C(=O)N3CC[C@@H](Nc4ccccc4)C3)cc2nc1C. The molecule has 0 spiro atoms. The van der Waals surface area contributed by atoms with E-state index in [0.29, 0.717) is 12.1 Å². The maximum atomic E-state index is 12.9. The van der Waals surface area contributed by atoms with Gasteiger partial charge in [0.1, 0.15) is 0 Å². The minimum Gasteiger partial charge on any atom is -0.380 e. The van der Waals surface area contributed by atoms with Crippen LogP contribution in [0, 0.1) is 13.8 Å². The van der Waals surface area contributed by atoms with Crippen LogP contribution in [0.15, 0.2) is 48.5 Å². The number of para-hydroxylation sites is 1. The predicted molar refractivity (Wildman–Crippen MR) is 103 cm³/mol. The van der Waals surface area contributed by atoms with Crippen molar-refractivity contribution < 1.29 is 4.79 Å². The lowest BCUT2D eigenvalue weighted by molar-refractivity contribution is 0.0792. The van der Waals surface area contributed by atoms with Crippen LogP contribution < -0.4 is 5.32 Å². The fraction of sp³-hybridized carbons (Fsp3) is 0.286. The van der Waals surface area contributed by atoms with Crippen molar-refractivity contribution in [1.82, 2.24) is 14.9 Å². The van der Waals surface area contributed by atoms with Gasteiger partial charge < -0.3 is 10.2 Å². The summed E-state index contributed by atoms with van der Waals surface area (Å²) < 4.78 is 0. The van der Waals surface area contributed by atoms with Gasteiger partial charge in [-0.3, -0.25) is 4.79 Å². The average Bonchev–Trinajstić information content (AvgIpc) is 3.11. The Hall–Kier alpha value is -2.95. The number of fused-ring (bicyclic) bond motifs is 1. The van der Waals surface area contributed by atoms with Crippen molar-refractivity contribution in [3.63, 3.8) is 0 Å². The molecule has 1 N–H and O–H groups in total. The van der Waals surface area contributed by atoms with Crippen LogP contribution in [0.3, 0.4) is 0 Å². The first-order valence-electron chi connectivity index (χ1n) is 8.96. The molecule has 5 heteroatoms. The number of aryl methyl sites for hydroxylation is 2. The van der Waals surface area contributed by atoms with Crippen molar-refractivity contribution in [2.45, 2.75) is 26.3 Å². The molecule has 0 aliphatic carbocycles. The van der Waals surface area contributed by atoms with Crippen LogP contribution in [-0.2, 0) is 0 Å². The highest BCUT2D eigenvalue weighted by atomic mass is 16.2. The van der Waals surface area contributed by atoms with Crippen molar-refractivity contribution >= 4 is 22.6 Å². The van der Waals surface area contributed by atoms with Gasteiger partial charge in [-0.25, -0.2) is 9.97 Å². The van der Waals surface area contributed by atoms with Crippen LogP contribution in [0.1, 0.15) is 28.2 Å². The first-order valence-corrected chi connectivity index (χ1v) is 8.96. The molecule has 0 saturated carbocycles. The number of amides is 1.